The van der Waals surface area contributed by atoms with Gasteiger partial charge in [-0.3, -0.25) is 4.79 Å². The number of hydrogen-bond acceptors (Lipinski definition) is 3. The predicted molar refractivity (Wildman–Crippen MR) is 84.3 cm³/mol. The summed E-state index contributed by atoms with van der Waals surface area (Å²) in [7, 11) is 3.95. The number of nitrogens with two attached hydrogens (primary N) is 1. The van der Waals surface area contributed by atoms with Crippen molar-refractivity contribution in [3.63, 3.8) is 0 Å². The van der Waals surface area contributed by atoms with Crippen LogP contribution in [0.15, 0.2) is 42.5 Å². The molecule has 0 aliphatic carbocycles. The summed E-state index contributed by atoms with van der Waals surface area (Å²) in [5.41, 5.74) is 9.76. The lowest BCUT2D eigenvalue weighted by Crippen LogP contribution is -2.15. The fourth-order valence-electron chi connectivity index (χ4n) is 2.07. The predicted octanol–water partition coefficient (Wildman–Crippen LogP) is 2.90. The van der Waals surface area contributed by atoms with E-state index in [0.29, 0.717) is 11.3 Å². The number of amides is 1. The van der Waals surface area contributed by atoms with Gasteiger partial charge in [-0.2, -0.15) is 0 Å². The van der Waals surface area contributed by atoms with Crippen molar-refractivity contribution in [2.24, 2.45) is 0 Å². The molecular weight excluding hydrogens is 250 g/mol. The minimum absolute atomic E-state index is 0.198. The van der Waals surface area contributed by atoms with E-state index in [1.807, 2.05) is 50.2 Å². The molecule has 0 aromatic heterocycles. The summed E-state index contributed by atoms with van der Waals surface area (Å²) in [6, 6.07) is 12.9. The van der Waals surface area contributed by atoms with E-state index in [9.17, 15) is 4.79 Å². The summed E-state index contributed by atoms with van der Waals surface area (Å²) in [5, 5.41) is 2.88. The molecule has 0 bridgehead atoms. The largest absolute Gasteiger partial charge is 0.398 e. The van der Waals surface area contributed by atoms with E-state index >= 15 is 0 Å². The van der Waals surface area contributed by atoms with Gasteiger partial charge in [0.05, 0.1) is 5.56 Å². The lowest BCUT2D eigenvalue weighted by atomic mass is 10.1. The molecule has 2 rings (SSSR count). The van der Waals surface area contributed by atoms with Crippen LogP contribution in [0, 0.1) is 6.92 Å². The van der Waals surface area contributed by atoms with Crippen LogP contribution < -0.4 is 16.0 Å². The maximum Gasteiger partial charge on any atom is 0.257 e. The zero-order valence-corrected chi connectivity index (χ0v) is 12.0. The molecule has 2 aromatic carbocycles. The Morgan fingerprint density at radius 3 is 2.50 bits per heavy atom. The van der Waals surface area contributed by atoms with Crippen LogP contribution in [0.5, 0.6) is 0 Å². The third kappa shape index (κ3) is 2.91. The maximum absolute atomic E-state index is 12.2. The van der Waals surface area contributed by atoms with Gasteiger partial charge in [-0.15, -0.1) is 0 Å². The number of anilines is 3. The van der Waals surface area contributed by atoms with Crippen LogP contribution in [-0.4, -0.2) is 20.0 Å². The highest BCUT2D eigenvalue weighted by Crippen LogP contribution is 2.23. The van der Waals surface area contributed by atoms with Gasteiger partial charge in [0.25, 0.3) is 5.91 Å². The fraction of sp³-hybridized carbons (Fsp3) is 0.188. The number of rotatable bonds is 3. The molecule has 2 aromatic rings. The van der Waals surface area contributed by atoms with Gasteiger partial charge < -0.3 is 16.0 Å². The van der Waals surface area contributed by atoms with Crippen molar-refractivity contribution in [1.82, 2.24) is 0 Å². The van der Waals surface area contributed by atoms with E-state index in [-0.39, 0.29) is 5.91 Å². The number of benzene rings is 2. The molecule has 20 heavy (non-hydrogen) atoms. The number of para-hydroxylation sites is 1. The van der Waals surface area contributed by atoms with Crippen molar-refractivity contribution in [3.05, 3.63) is 53.6 Å². The first-order valence-electron chi connectivity index (χ1n) is 6.43. The number of nitrogens with one attached hydrogen (secondary N) is 1. The Hall–Kier alpha value is -2.49. The molecule has 0 fully saturated rings. The van der Waals surface area contributed by atoms with E-state index in [1.54, 1.807) is 18.2 Å². The van der Waals surface area contributed by atoms with Gasteiger partial charge in [-0.25, -0.2) is 0 Å². The van der Waals surface area contributed by atoms with Crippen molar-refractivity contribution in [1.29, 1.82) is 0 Å². The van der Waals surface area contributed by atoms with Crippen molar-refractivity contribution >= 4 is 23.0 Å². The van der Waals surface area contributed by atoms with E-state index in [0.717, 1.165) is 16.9 Å². The average Bonchev–Trinajstić information content (AvgIpc) is 2.41. The van der Waals surface area contributed by atoms with E-state index in [1.165, 1.54) is 0 Å². The van der Waals surface area contributed by atoms with E-state index in [4.69, 9.17) is 5.73 Å². The molecule has 4 heteroatoms. The van der Waals surface area contributed by atoms with E-state index < -0.39 is 0 Å². The van der Waals surface area contributed by atoms with Gasteiger partial charge in [-0.05, 0) is 36.8 Å². The molecule has 0 unspecified atom stereocenters. The summed E-state index contributed by atoms with van der Waals surface area (Å²) < 4.78 is 0. The number of carbonyl (C=O) groups is 1. The fourth-order valence-corrected chi connectivity index (χ4v) is 2.07. The molecule has 0 atom stereocenters. The number of nitrogens with zero attached hydrogens (tertiary/aromatic N) is 1. The van der Waals surface area contributed by atoms with Crippen molar-refractivity contribution in [2.45, 2.75) is 6.92 Å². The second-order valence-electron chi connectivity index (χ2n) is 4.94. The lowest BCUT2D eigenvalue weighted by molar-refractivity contribution is 0.102. The van der Waals surface area contributed by atoms with Gasteiger partial charge >= 0.3 is 0 Å². The van der Waals surface area contributed by atoms with Gasteiger partial charge in [0.2, 0.25) is 0 Å². The maximum atomic E-state index is 12.2. The highest BCUT2D eigenvalue weighted by atomic mass is 16.1. The van der Waals surface area contributed by atoms with Crippen LogP contribution in [0.4, 0.5) is 17.1 Å². The SMILES string of the molecule is Cc1ccc(NC(=O)c2ccccc2N)cc1N(C)C. The minimum atomic E-state index is -0.198. The Kier molecular flexibility index (Phi) is 3.94. The molecule has 4 nitrogen and oxygen atoms in total. The molecule has 0 saturated carbocycles. The Balaban J connectivity index is 2.25. The van der Waals surface area contributed by atoms with E-state index in [2.05, 4.69) is 5.32 Å². The van der Waals surface area contributed by atoms with Crippen LogP contribution in [0.25, 0.3) is 0 Å². The van der Waals surface area contributed by atoms with Crippen LogP contribution in [0.3, 0.4) is 0 Å². The molecule has 3 N–H and O–H groups in total. The summed E-state index contributed by atoms with van der Waals surface area (Å²) >= 11 is 0. The molecule has 1 amide bonds. The van der Waals surface area contributed by atoms with Gasteiger partial charge in [0.1, 0.15) is 0 Å². The number of carbonyl (C=O) groups excluding carboxylic acids is 1. The quantitative estimate of drug-likeness (QED) is 0.842. The zero-order valence-electron chi connectivity index (χ0n) is 12.0. The van der Waals surface area contributed by atoms with Gasteiger partial charge in [0.15, 0.2) is 0 Å². The third-order valence-corrected chi connectivity index (χ3v) is 3.15. The molecule has 0 spiro atoms. The van der Waals surface area contributed by atoms with Crippen LogP contribution in [0.1, 0.15) is 15.9 Å². The highest BCUT2D eigenvalue weighted by Gasteiger charge is 2.10. The molecular formula is C16H19N3O. The van der Waals surface area contributed by atoms with Gasteiger partial charge in [-0.1, -0.05) is 18.2 Å². The molecule has 0 radical (unpaired) electrons. The molecule has 104 valence electrons. The number of hydrogen-bond donors (Lipinski definition) is 2. The lowest BCUT2D eigenvalue weighted by Gasteiger charge is -2.17. The first-order valence-corrected chi connectivity index (χ1v) is 6.43. The number of aryl methyl sites for hydroxylation is 1. The summed E-state index contributed by atoms with van der Waals surface area (Å²) in [4.78, 5) is 14.2. The molecule has 0 heterocycles. The van der Waals surface area contributed by atoms with Crippen LogP contribution in [-0.2, 0) is 0 Å². The molecule has 0 aliphatic heterocycles. The number of nitrogen functional groups attached to an aromatic ring is 1. The minimum Gasteiger partial charge on any atom is -0.398 e. The third-order valence-electron chi connectivity index (χ3n) is 3.15. The van der Waals surface area contributed by atoms with Crippen LogP contribution >= 0.6 is 0 Å². The Bertz CT molecular complexity index is 635. The Morgan fingerprint density at radius 2 is 1.85 bits per heavy atom. The second-order valence-corrected chi connectivity index (χ2v) is 4.94. The smallest absolute Gasteiger partial charge is 0.257 e. The summed E-state index contributed by atoms with van der Waals surface area (Å²) in [6.45, 7) is 2.04. The Morgan fingerprint density at radius 1 is 1.15 bits per heavy atom. The first-order chi connectivity index (χ1) is 9.49. The average molecular weight is 269 g/mol. The molecule has 0 aliphatic rings. The summed E-state index contributed by atoms with van der Waals surface area (Å²) in [6.07, 6.45) is 0. The van der Waals surface area contributed by atoms with Crippen molar-refractivity contribution in [3.8, 4) is 0 Å². The summed E-state index contributed by atoms with van der Waals surface area (Å²) in [5.74, 6) is -0.198. The van der Waals surface area contributed by atoms with Crippen molar-refractivity contribution in [2.75, 3.05) is 30.0 Å². The Labute approximate surface area is 119 Å². The van der Waals surface area contributed by atoms with Gasteiger partial charge in [0, 0.05) is 31.2 Å². The second kappa shape index (κ2) is 5.65. The highest BCUT2D eigenvalue weighted by molar-refractivity contribution is 6.07. The topological polar surface area (TPSA) is 58.4 Å². The zero-order chi connectivity index (χ0) is 14.7. The normalized spacial score (nSPS) is 10.2. The van der Waals surface area contributed by atoms with Crippen molar-refractivity contribution < 1.29 is 4.79 Å². The molecule has 0 saturated heterocycles. The van der Waals surface area contributed by atoms with Crippen LogP contribution in [0.2, 0.25) is 0 Å². The monoisotopic (exact) mass is 269 g/mol. The first kappa shape index (κ1) is 13.9. The standard InChI is InChI=1S/C16H19N3O/c1-11-8-9-12(10-15(11)19(2)3)18-16(20)13-6-4-5-7-14(13)17/h4-10H,17H2,1-3H3,(H,18,20).